The van der Waals surface area contributed by atoms with E-state index < -0.39 is 5.82 Å². The van der Waals surface area contributed by atoms with Crippen molar-refractivity contribution >= 4 is 23.1 Å². The molecule has 0 aliphatic rings. The summed E-state index contributed by atoms with van der Waals surface area (Å²) in [6.07, 6.45) is 3.55. The highest BCUT2D eigenvalue weighted by Gasteiger charge is 2.23. The van der Waals surface area contributed by atoms with Gasteiger partial charge in [-0.15, -0.1) is 0 Å². The quantitative estimate of drug-likeness (QED) is 0.620. The lowest BCUT2D eigenvalue weighted by Gasteiger charge is -2.10. The standard InChI is InChI=1S/C19H19ClFN3O2/c1-4-26-19(25)13-9-24-18(17(13)11(2)3)16(22-10-23-24)8-12-5-6-15(21)14(20)7-12/h5-7,9-11H,4,8H2,1-3H3. The van der Waals surface area contributed by atoms with Crippen LogP contribution >= 0.6 is 11.6 Å². The number of benzene rings is 1. The van der Waals surface area contributed by atoms with Crippen LogP contribution in [0, 0.1) is 5.82 Å². The number of aromatic nitrogens is 3. The first kappa shape index (κ1) is 18.3. The zero-order valence-electron chi connectivity index (χ0n) is 14.8. The van der Waals surface area contributed by atoms with Crippen molar-refractivity contribution in [2.75, 3.05) is 6.61 Å². The Kier molecular flexibility index (Phi) is 5.23. The fourth-order valence-electron chi connectivity index (χ4n) is 3.03. The van der Waals surface area contributed by atoms with Crippen molar-refractivity contribution in [3.8, 4) is 0 Å². The van der Waals surface area contributed by atoms with Crippen LogP contribution in [0.2, 0.25) is 5.02 Å². The molecule has 5 nitrogen and oxygen atoms in total. The topological polar surface area (TPSA) is 56.5 Å². The van der Waals surface area contributed by atoms with Crippen LogP contribution in [0.5, 0.6) is 0 Å². The Morgan fingerprint density at radius 1 is 1.38 bits per heavy atom. The van der Waals surface area contributed by atoms with Crippen molar-refractivity contribution in [2.45, 2.75) is 33.1 Å². The molecule has 3 aromatic rings. The summed E-state index contributed by atoms with van der Waals surface area (Å²) in [5.74, 6) is -0.767. The van der Waals surface area contributed by atoms with Crippen molar-refractivity contribution in [3.63, 3.8) is 0 Å². The van der Waals surface area contributed by atoms with Crippen LogP contribution in [0.1, 0.15) is 53.9 Å². The molecule has 0 N–H and O–H groups in total. The molecule has 3 rings (SSSR count). The number of hydrogen-bond donors (Lipinski definition) is 0. The van der Waals surface area contributed by atoms with Gasteiger partial charge in [0.2, 0.25) is 0 Å². The zero-order chi connectivity index (χ0) is 18.8. The highest BCUT2D eigenvalue weighted by Crippen LogP contribution is 2.30. The minimum atomic E-state index is -0.460. The molecule has 0 saturated carbocycles. The van der Waals surface area contributed by atoms with Gasteiger partial charge < -0.3 is 4.74 Å². The second-order valence-corrected chi connectivity index (χ2v) is 6.66. The molecule has 0 atom stereocenters. The van der Waals surface area contributed by atoms with Crippen molar-refractivity contribution in [1.29, 1.82) is 0 Å². The molecule has 26 heavy (non-hydrogen) atoms. The van der Waals surface area contributed by atoms with Gasteiger partial charge in [-0.1, -0.05) is 31.5 Å². The van der Waals surface area contributed by atoms with E-state index in [2.05, 4.69) is 10.1 Å². The summed E-state index contributed by atoms with van der Waals surface area (Å²) in [6, 6.07) is 4.59. The Morgan fingerprint density at radius 2 is 2.15 bits per heavy atom. The molecule has 0 radical (unpaired) electrons. The van der Waals surface area contributed by atoms with Crippen molar-refractivity contribution in [2.24, 2.45) is 0 Å². The van der Waals surface area contributed by atoms with Gasteiger partial charge in [0.15, 0.2) is 0 Å². The first-order valence-electron chi connectivity index (χ1n) is 8.38. The Hall–Kier alpha value is -2.47. The van der Waals surface area contributed by atoms with Gasteiger partial charge in [0.05, 0.1) is 28.4 Å². The van der Waals surface area contributed by atoms with E-state index in [-0.39, 0.29) is 16.9 Å². The molecular weight excluding hydrogens is 357 g/mol. The lowest BCUT2D eigenvalue weighted by molar-refractivity contribution is 0.0525. The summed E-state index contributed by atoms with van der Waals surface area (Å²) in [5.41, 5.74) is 3.66. The third-order valence-corrected chi connectivity index (χ3v) is 4.41. The van der Waals surface area contributed by atoms with Gasteiger partial charge in [0, 0.05) is 12.6 Å². The average Bonchev–Trinajstić information content (AvgIpc) is 2.99. The van der Waals surface area contributed by atoms with E-state index >= 15 is 0 Å². The Bertz CT molecular complexity index is 969. The molecule has 2 aromatic heterocycles. The molecule has 0 aliphatic carbocycles. The summed E-state index contributed by atoms with van der Waals surface area (Å²) < 4.78 is 20.2. The minimum Gasteiger partial charge on any atom is -0.462 e. The number of carbonyl (C=O) groups excluding carboxylic acids is 1. The van der Waals surface area contributed by atoms with Gasteiger partial charge in [-0.2, -0.15) is 5.10 Å². The van der Waals surface area contributed by atoms with Crippen LogP contribution in [-0.4, -0.2) is 27.2 Å². The molecule has 7 heteroatoms. The number of halogens is 2. The monoisotopic (exact) mass is 375 g/mol. The van der Waals surface area contributed by atoms with Crippen molar-refractivity contribution < 1.29 is 13.9 Å². The number of ether oxygens (including phenoxy) is 1. The van der Waals surface area contributed by atoms with Crippen LogP contribution in [0.15, 0.2) is 30.7 Å². The summed E-state index contributed by atoms with van der Waals surface area (Å²) in [6.45, 7) is 6.08. The Balaban J connectivity index is 2.14. The van der Waals surface area contributed by atoms with Crippen molar-refractivity contribution in [1.82, 2.24) is 14.6 Å². The second kappa shape index (κ2) is 7.41. The second-order valence-electron chi connectivity index (χ2n) is 6.26. The SMILES string of the molecule is CCOC(=O)c1cn2ncnc(Cc3ccc(F)c(Cl)c3)c2c1C(C)C. The van der Waals surface area contributed by atoms with E-state index in [1.54, 1.807) is 29.8 Å². The average molecular weight is 376 g/mol. The first-order valence-corrected chi connectivity index (χ1v) is 8.76. The van der Waals surface area contributed by atoms with E-state index in [0.29, 0.717) is 18.6 Å². The third kappa shape index (κ3) is 3.42. The van der Waals surface area contributed by atoms with Crippen LogP contribution in [0.25, 0.3) is 5.52 Å². The van der Waals surface area contributed by atoms with Gasteiger partial charge in [0.25, 0.3) is 0 Å². The Morgan fingerprint density at radius 3 is 2.81 bits per heavy atom. The summed E-state index contributed by atoms with van der Waals surface area (Å²) in [7, 11) is 0. The highest BCUT2D eigenvalue weighted by atomic mass is 35.5. The highest BCUT2D eigenvalue weighted by molar-refractivity contribution is 6.30. The molecule has 136 valence electrons. The lowest BCUT2D eigenvalue weighted by Crippen LogP contribution is -2.07. The van der Waals surface area contributed by atoms with Crippen LogP contribution in [0.4, 0.5) is 4.39 Å². The molecule has 0 bridgehead atoms. The van der Waals surface area contributed by atoms with Crippen LogP contribution in [-0.2, 0) is 11.2 Å². The molecular formula is C19H19ClFN3O2. The number of fused-ring (bicyclic) bond motifs is 1. The van der Waals surface area contributed by atoms with E-state index in [1.165, 1.54) is 12.4 Å². The van der Waals surface area contributed by atoms with E-state index in [4.69, 9.17) is 16.3 Å². The smallest absolute Gasteiger partial charge is 0.340 e. The number of esters is 1. The van der Waals surface area contributed by atoms with Gasteiger partial charge >= 0.3 is 5.97 Å². The Labute approximate surface area is 155 Å². The minimum absolute atomic E-state index is 0.0688. The summed E-state index contributed by atoms with van der Waals surface area (Å²) in [4.78, 5) is 16.7. The predicted octanol–water partition coefficient (Wildman–Crippen LogP) is 4.41. The normalized spacial score (nSPS) is 11.3. The van der Waals surface area contributed by atoms with Gasteiger partial charge in [0.1, 0.15) is 12.1 Å². The van der Waals surface area contributed by atoms with Gasteiger partial charge in [-0.25, -0.2) is 18.7 Å². The fraction of sp³-hybridized carbons (Fsp3) is 0.316. The van der Waals surface area contributed by atoms with Crippen LogP contribution in [0.3, 0.4) is 0 Å². The lowest BCUT2D eigenvalue weighted by atomic mass is 9.98. The van der Waals surface area contributed by atoms with Crippen LogP contribution < -0.4 is 0 Å². The maximum absolute atomic E-state index is 13.4. The molecule has 0 unspecified atom stereocenters. The molecule has 0 spiro atoms. The molecule has 0 saturated heterocycles. The van der Waals surface area contributed by atoms with Crippen molar-refractivity contribution in [3.05, 3.63) is 63.9 Å². The molecule has 0 fully saturated rings. The maximum Gasteiger partial charge on any atom is 0.340 e. The molecule has 1 aromatic carbocycles. The first-order chi connectivity index (χ1) is 12.4. The zero-order valence-corrected chi connectivity index (χ0v) is 15.5. The number of nitrogens with zero attached hydrogens (tertiary/aromatic N) is 3. The third-order valence-electron chi connectivity index (χ3n) is 4.12. The number of hydrogen-bond acceptors (Lipinski definition) is 4. The fourth-order valence-corrected chi connectivity index (χ4v) is 3.23. The summed E-state index contributed by atoms with van der Waals surface area (Å²) in [5, 5.41) is 4.30. The molecule has 0 amide bonds. The molecule has 2 heterocycles. The maximum atomic E-state index is 13.4. The number of rotatable bonds is 5. The summed E-state index contributed by atoms with van der Waals surface area (Å²) >= 11 is 5.89. The van der Waals surface area contributed by atoms with E-state index in [9.17, 15) is 9.18 Å². The van der Waals surface area contributed by atoms with Gasteiger partial charge in [-0.05, 0) is 36.1 Å². The number of carbonyl (C=O) groups is 1. The van der Waals surface area contributed by atoms with E-state index in [0.717, 1.165) is 22.3 Å². The van der Waals surface area contributed by atoms with E-state index in [1.807, 2.05) is 13.8 Å². The largest absolute Gasteiger partial charge is 0.462 e. The predicted molar refractivity (Wildman–Crippen MR) is 97.2 cm³/mol. The molecule has 0 aliphatic heterocycles. The van der Waals surface area contributed by atoms with Gasteiger partial charge in [-0.3, -0.25) is 0 Å².